The van der Waals surface area contributed by atoms with Gasteiger partial charge in [0, 0.05) is 25.9 Å². The Morgan fingerprint density at radius 2 is 2.06 bits per heavy atom. The first-order valence-electron chi connectivity index (χ1n) is 5.64. The number of hydrogen-bond acceptors (Lipinski definition) is 4. The van der Waals surface area contributed by atoms with Crippen molar-refractivity contribution < 1.29 is 12.8 Å². The minimum absolute atomic E-state index is 0.00200. The Morgan fingerprint density at radius 3 is 2.50 bits per heavy atom. The molecule has 0 fully saturated rings. The first-order chi connectivity index (χ1) is 8.20. The molecular formula is C12H19FN2O2S. The molecule has 0 aliphatic heterocycles. The highest BCUT2D eigenvalue weighted by molar-refractivity contribution is 7.90. The van der Waals surface area contributed by atoms with Gasteiger partial charge in [-0.3, -0.25) is 0 Å². The monoisotopic (exact) mass is 274 g/mol. The van der Waals surface area contributed by atoms with Crippen molar-refractivity contribution in [1.82, 2.24) is 0 Å². The summed E-state index contributed by atoms with van der Waals surface area (Å²) in [4.78, 5) is 1.58. The van der Waals surface area contributed by atoms with Crippen LogP contribution in [-0.2, 0) is 9.84 Å². The second kappa shape index (κ2) is 5.67. The van der Waals surface area contributed by atoms with Crippen molar-refractivity contribution in [3.05, 3.63) is 29.6 Å². The van der Waals surface area contributed by atoms with E-state index in [2.05, 4.69) is 0 Å². The molecule has 0 spiro atoms. The summed E-state index contributed by atoms with van der Waals surface area (Å²) in [6, 6.07) is 4.53. The number of halogens is 1. The van der Waals surface area contributed by atoms with Crippen molar-refractivity contribution in [1.29, 1.82) is 0 Å². The number of anilines is 1. The number of sulfone groups is 1. The molecule has 1 unspecified atom stereocenters. The zero-order chi connectivity index (χ0) is 13.9. The predicted octanol–water partition coefficient (Wildman–Crippen LogP) is 1.33. The van der Waals surface area contributed by atoms with Crippen LogP contribution in [0.5, 0.6) is 0 Å². The van der Waals surface area contributed by atoms with Gasteiger partial charge in [0.15, 0.2) is 0 Å². The highest BCUT2D eigenvalue weighted by atomic mass is 32.2. The topological polar surface area (TPSA) is 63.4 Å². The van der Waals surface area contributed by atoms with Gasteiger partial charge in [-0.25, -0.2) is 12.8 Å². The molecule has 0 aliphatic carbocycles. The van der Waals surface area contributed by atoms with Gasteiger partial charge in [0.25, 0.3) is 0 Å². The molecule has 1 atom stereocenters. The van der Waals surface area contributed by atoms with E-state index in [1.807, 2.05) is 0 Å². The van der Waals surface area contributed by atoms with Gasteiger partial charge < -0.3 is 10.6 Å². The first-order valence-corrected chi connectivity index (χ1v) is 7.70. The standard InChI is InChI=1S/C12H19FN2O2S/c1-9(14)10-4-5-12(11(13)8-10)15(2)6-7-18(3,16)17/h4-5,8-9H,6-7,14H2,1-3H3. The third kappa shape index (κ3) is 4.27. The van der Waals surface area contributed by atoms with Crippen LogP contribution >= 0.6 is 0 Å². The molecule has 1 rings (SSSR count). The first kappa shape index (κ1) is 14.9. The van der Waals surface area contributed by atoms with E-state index in [4.69, 9.17) is 5.73 Å². The lowest BCUT2D eigenvalue weighted by Gasteiger charge is -2.20. The lowest BCUT2D eigenvalue weighted by atomic mass is 10.1. The Labute approximate surface area is 108 Å². The van der Waals surface area contributed by atoms with Crippen LogP contribution in [0.3, 0.4) is 0 Å². The minimum atomic E-state index is -3.05. The van der Waals surface area contributed by atoms with E-state index in [1.54, 1.807) is 31.0 Å². The normalized spacial score (nSPS) is 13.4. The van der Waals surface area contributed by atoms with E-state index in [0.29, 0.717) is 11.3 Å². The average Bonchev–Trinajstić information content (AvgIpc) is 2.24. The van der Waals surface area contributed by atoms with Crippen LogP contribution in [0, 0.1) is 5.82 Å². The molecule has 1 aromatic carbocycles. The highest BCUT2D eigenvalue weighted by Gasteiger charge is 2.12. The second-order valence-corrected chi connectivity index (χ2v) is 6.81. The van der Waals surface area contributed by atoms with Crippen molar-refractivity contribution in [3.8, 4) is 0 Å². The number of rotatable bonds is 5. The summed E-state index contributed by atoms with van der Waals surface area (Å²) in [5.74, 6) is -0.390. The van der Waals surface area contributed by atoms with E-state index in [0.717, 1.165) is 6.26 Å². The molecule has 0 aliphatic rings. The third-order valence-electron chi connectivity index (χ3n) is 2.71. The molecule has 6 heteroatoms. The zero-order valence-corrected chi connectivity index (χ0v) is 11.7. The van der Waals surface area contributed by atoms with Gasteiger partial charge in [-0.05, 0) is 24.6 Å². The molecule has 0 amide bonds. The SMILES string of the molecule is CC(N)c1ccc(N(C)CCS(C)(=O)=O)c(F)c1. The second-order valence-electron chi connectivity index (χ2n) is 4.55. The van der Waals surface area contributed by atoms with E-state index in [9.17, 15) is 12.8 Å². The Hall–Kier alpha value is -1.14. The summed E-state index contributed by atoms with van der Waals surface area (Å²) in [6.45, 7) is 2.04. The molecule has 18 heavy (non-hydrogen) atoms. The lowest BCUT2D eigenvalue weighted by molar-refractivity contribution is 0.598. The van der Waals surface area contributed by atoms with Crippen LogP contribution in [-0.4, -0.2) is 34.0 Å². The lowest BCUT2D eigenvalue weighted by Crippen LogP contribution is -2.25. The van der Waals surface area contributed by atoms with Gasteiger partial charge in [0.1, 0.15) is 15.7 Å². The van der Waals surface area contributed by atoms with E-state index in [1.165, 1.54) is 6.07 Å². The van der Waals surface area contributed by atoms with Gasteiger partial charge in [-0.1, -0.05) is 6.07 Å². The Balaban J connectivity index is 2.84. The van der Waals surface area contributed by atoms with Crippen LogP contribution < -0.4 is 10.6 Å². The van der Waals surface area contributed by atoms with Gasteiger partial charge >= 0.3 is 0 Å². The summed E-state index contributed by atoms with van der Waals surface area (Å²) < 4.78 is 36.0. The molecule has 0 bridgehead atoms. The maximum atomic E-state index is 13.8. The van der Waals surface area contributed by atoms with Crippen molar-refractivity contribution in [3.63, 3.8) is 0 Å². The predicted molar refractivity (Wildman–Crippen MR) is 72.0 cm³/mol. The highest BCUT2D eigenvalue weighted by Crippen LogP contribution is 2.21. The van der Waals surface area contributed by atoms with Gasteiger partial charge in [0.2, 0.25) is 0 Å². The van der Waals surface area contributed by atoms with Gasteiger partial charge in [0.05, 0.1) is 11.4 Å². The Morgan fingerprint density at radius 1 is 1.44 bits per heavy atom. The Bertz CT molecular complexity index is 515. The fraction of sp³-hybridized carbons (Fsp3) is 0.500. The summed E-state index contributed by atoms with van der Waals surface area (Å²) in [6.07, 6.45) is 1.16. The van der Waals surface area contributed by atoms with E-state index >= 15 is 0 Å². The van der Waals surface area contributed by atoms with Crippen molar-refractivity contribution >= 4 is 15.5 Å². The molecule has 2 N–H and O–H groups in total. The molecule has 0 saturated carbocycles. The molecule has 0 saturated heterocycles. The number of nitrogens with zero attached hydrogens (tertiary/aromatic N) is 1. The molecule has 4 nitrogen and oxygen atoms in total. The molecule has 0 heterocycles. The van der Waals surface area contributed by atoms with Gasteiger partial charge in [-0.2, -0.15) is 0 Å². The summed E-state index contributed by atoms with van der Waals surface area (Å²) >= 11 is 0. The largest absolute Gasteiger partial charge is 0.371 e. The molecule has 0 aromatic heterocycles. The van der Waals surface area contributed by atoms with Crippen molar-refractivity contribution in [2.24, 2.45) is 5.73 Å². The van der Waals surface area contributed by atoms with Crippen LogP contribution in [0.1, 0.15) is 18.5 Å². The van der Waals surface area contributed by atoms with E-state index in [-0.39, 0.29) is 24.2 Å². The number of benzene rings is 1. The molecule has 102 valence electrons. The molecule has 1 aromatic rings. The van der Waals surface area contributed by atoms with Crippen molar-refractivity contribution in [2.75, 3.05) is 30.5 Å². The van der Waals surface area contributed by atoms with Gasteiger partial charge in [-0.15, -0.1) is 0 Å². The third-order valence-corrected chi connectivity index (χ3v) is 3.63. The van der Waals surface area contributed by atoms with Crippen LogP contribution in [0.2, 0.25) is 0 Å². The fourth-order valence-electron chi connectivity index (χ4n) is 1.54. The summed E-state index contributed by atoms with van der Waals surface area (Å²) in [5, 5.41) is 0. The van der Waals surface area contributed by atoms with Crippen LogP contribution in [0.15, 0.2) is 18.2 Å². The maximum absolute atomic E-state index is 13.8. The van der Waals surface area contributed by atoms with Crippen molar-refractivity contribution in [2.45, 2.75) is 13.0 Å². The van der Waals surface area contributed by atoms with Crippen LogP contribution in [0.4, 0.5) is 10.1 Å². The summed E-state index contributed by atoms with van der Waals surface area (Å²) in [5.41, 5.74) is 6.76. The minimum Gasteiger partial charge on any atom is -0.371 e. The number of hydrogen-bond donors (Lipinski definition) is 1. The number of nitrogens with two attached hydrogens (primary N) is 1. The molecule has 0 radical (unpaired) electrons. The summed E-state index contributed by atoms with van der Waals surface area (Å²) in [7, 11) is -1.38. The average molecular weight is 274 g/mol. The zero-order valence-electron chi connectivity index (χ0n) is 10.9. The fourth-order valence-corrected chi connectivity index (χ4v) is 2.14. The molecular weight excluding hydrogens is 255 g/mol. The maximum Gasteiger partial charge on any atom is 0.149 e. The Kier molecular flexibility index (Phi) is 4.70. The van der Waals surface area contributed by atoms with Crippen LogP contribution in [0.25, 0.3) is 0 Å². The quantitative estimate of drug-likeness (QED) is 0.879. The smallest absolute Gasteiger partial charge is 0.149 e. The van der Waals surface area contributed by atoms with E-state index < -0.39 is 9.84 Å².